The summed E-state index contributed by atoms with van der Waals surface area (Å²) < 4.78 is 5.94. The van der Waals surface area contributed by atoms with E-state index in [1.165, 1.54) is 6.20 Å². The molecule has 5 N–H and O–H groups in total. The summed E-state index contributed by atoms with van der Waals surface area (Å²) in [5, 5.41) is 15.5. The van der Waals surface area contributed by atoms with Crippen molar-refractivity contribution in [3.63, 3.8) is 0 Å². The number of carbonyl (C=O) groups is 1. The molecule has 3 rings (SSSR count). The number of hydrogen-bond donors (Lipinski definition) is 4. The fourth-order valence-corrected chi connectivity index (χ4v) is 3.47. The van der Waals surface area contributed by atoms with E-state index in [1.807, 2.05) is 0 Å². The van der Waals surface area contributed by atoms with E-state index < -0.39 is 5.54 Å². The van der Waals surface area contributed by atoms with Gasteiger partial charge in [-0.25, -0.2) is 4.98 Å². The van der Waals surface area contributed by atoms with Crippen LogP contribution in [0.3, 0.4) is 0 Å². The fourth-order valence-electron chi connectivity index (χ4n) is 3.17. The lowest BCUT2D eigenvalue weighted by Crippen LogP contribution is -2.48. The van der Waals surface area contributed by atoms with Gasteiger partial charge in [-0.3, -0.25) is 4.79 Å². The van der Waals surface area contributed by atoms with Gasteiger partial charge in [0.05, 0.1) is 22.8 Å². The van der Waals surface area contributed by atoms with Crippen LogP contribution in [0, 0.1) is 12.3 Å². The van der Waals surface area contributed by atoms with Crippen LogP contribution in [-0.4, -0.2) is 33.1 Å². The van der Waals surface area contributed by atoms with E-state index in [0.29, 0.717) is 40.1 Å². The van der Waals surface area contributed by atoms with Gasteiger partial charge >= 0.3 is 0 Å². The molecule has 1 aliphatic carbocycles. The Labute approximate surface area is 177 Å². The SMILES string of the molecule is C#CCOc1nc(Nc2cc(CO)cc(NC(=O)C3(N)CCCC3)c2)ncc1Br. The molecule has 29 heavy (non-hydrogen) atoms. The molecule has 9 heteroatoms. The zero-order chi connectivity index (χ0) is 20.9. The molecule has 0 radical (unpaired) electrons. The number of aromatic nitrogens is 2. The van der Waals surface area contributed by atoms with Gasteiger partial charge in [-0.15, -0.1) is 6.42 Å². The Bertz CT molecular complexity index is 938. The Balaban J connectivity index is 1.80. The monoisotopic (exact) mass is 459 g/mol. The van der Waals surface area contributed by atoms with Gasteiger partial charge in [0, 0.05) is 11.4 Å². The Kier molecular flexibility index (Phi) is 6.69. The Morgan fingerprint density at radius 1 is 1.34 bits per heavy atom. The quantitative estimate of drug-likeness (QED) is 0.469. The second kappa shape index (κ2) is 9.22. The molecule has 1 aromatic carbocycles. The summed E-state index contributed by atoms with van der Waals surface area (Å²) in [6, 6.07) is 5.16. The van der Waals surface area contributed by atoms with E-state index in [4.69, 9.17) is 16.9 Å². The highest BCUT2D eigenvalue weighted by atomic mass is 79.9. The Morgan fingerprint density at radius 2 is 2.07 bits per heavy atom. The number of ether oxygens (including phenoxy) is 1. The number of benzene rings is 1. The standard InChI is InChI=1S/C20H22BrN5O3/c1-2-7-29-17-16(21)11-23-19(26-17)25-15-9-13(12-27)8-14(10-15)24-18(28)20(22)5-3-4-6-20/h1,8-11,27H,3-7,12,22H2,(H,24,28)(H,23,25,26). The van der Waals surface area contributed by atoms with Crippen molar-refractivity contribution in [2.24, 2.45) is 5.73 Å². The summed E-state index contributed by atoms with van der Waals surface area (Å²) in [4.78, 5) is 21.1. The van der Waals surface area contributed by atoms with Crippen LogP contribution in [0.2, 0.25) is 0 Å². The Morgan fingerprint density at radius 3 is 2.76 bits per heavy atom. The van der Waals surface area contributed by atoms with Crippen molar-refractivity contribution in [2.45, 2.75) is 37.8 Å². The predicted octanol–water partition coefficient (Wildman–Crippen LogP) is 2.70. The summed E-state index contributed by atoms with van der Waals surface area (Å²) in [5.74, 6) is 2.74. The minimum atomic E-state index is -0.846. The summed E-state index contributed by atoms with van der Waals surface area (Å²) >= 11 is 3.31. The molecule has 0 unspecified atom stereocenters. The molecule has 0 aliphatic heterocycles. The van der Waals surface area contributed by atoms with Gasteiger partial charge in [-0.2, -0.15) is 4.98 Å². The first-order chi connectivity index (χ1) is 13.9. The largest absolute Gasteiger partial charge is 0.464 e. The molecule has 1 saturated carbocycles. The maximum atomic E-state index is 12.6. The van der Waals surface area contributed by atoms with E-state index in [1.54, 1.807) is 18.2 Å². The number of amides is 1. The van der Waals surface area contributed by atoms with Crippen molar-refractivity contribution in [2.75, 3.05) is 17.2 Å². The summed E-state index contributed by atoms with van der Waals surface area (Å²) in [6.07, 6.45) is 9.97. The molecule has 1 aliphatic rings. The average molecular weight is 460 g/mol. The first-order valence-electron chi connectivity index (χ1n) is 9.14. The third-order valence-electron chi connectivity index (χ3n) is 4.64. The van der Waals surface area contributed by atoms with E-state index in [0.717, 1.165) is 12.8 Å². The van der Waals surface area contributed by atoms with Crippen molar-refractivity contribution >= 4 is 39.2 Å². The number of aliphatic hydroxyl groups excluding tert-OH is 1. The highest BCUT2D eigenvalue weighted by Gasteiger charge is 2.37. The van der Waals surface area contributed by atoms with Crippen molar-refractivity contribution < 1.29 is 14.6 Å². The number of nitrogens with one attached hydrogen (secondary N) is 2. The van der Waals surface area contributed by atoms with Gasteiger partial charge in [0.25, 0.3) is 0 Å². The van der Waals surface area contributed by atoms with E-state index in [9.17, 15) is 9.90 Å². The molecular weight excluding hydrogens is 438 g/mol. The summed E-state index contributed by atoms with van der Waals surface area (Å²) in [6.45, 7) is -0.115. The molecule has 8 nitrogen and oxygen atoms in total. The maximum Gasteiger partial charge on any atom is 0.244 e. The molecule has 0 bridgehead atoms. The molecule has 152 valence electrons. The van der Waals surface area contributed by atoms with Crippen molar-refractivity contribution in [1.82, 2.24) is 9.97 Å². The lowest BCUT2D eigenvalue weighted by atomic mass is 9.98. The number of nitrogens with two attached hydrogens (primary N) is 1. The first-order valence-corrected chi connectivity index (χ1v) is 9.94. The van der Waals surface area contributed by atoms with Crippen LogP contribution in [0.5, 0.6) is 5.88 Å². The number of carbonyl (C=O) groups excluding carboxylic acids is 1. The molecule has 1 fully saturated rings. The molecular formula is C20H22BrN5O3. The second-order valence-corrected chi connectivity index (χ2v) is 7.71. The smallest absolute Gasteiger partial charge is 0.244 e. The van der Waals surface area contributed by atoms with Crippen LogP contribution in [0.25, 0.3) is 0 Å². The van der Waals surface area contributed by atoms with E-state index in [2.05, 4.69) is 42.5 Å². The number of halogens is 1. The van der Waals surface area contributed by atoms with Crippen LogP contribution >= 0.6 is 15.9 Å². The number of anilines is 3. The molecule has 1 heterocycles. The number of rotatable bonds is 7. The van der Waals surface area contributed by atoms with Crippen molar-refractivity contribution in [3.8, 4) is 18.2 Å². The van der Waals surface area contributed by atoms with Gasteiger partial charge < -0.3 is 26.2 Å². The molecule has 0 spiro atoms. The normalized spacial score (nSPS) is 14.8. The van der Waals surface area contributed by atoms with Gasteiger partial charge in [-0.05, 0) is 52.5 Å². The number of hydrogen-bond acceptors (Lipinski definition) is 7. The molecule has 1 aromatic heterocycles. The minimum absolute atomic E-state index is 0.0755. The maximum absolute atomic E-state index is 12.6. The van der Waals surface area contributed by atoms with Crippen LogP contribution in [0.15, 0.2) is 28.9 Å². The second-order valence-electron chi connectivity index (χ2n) is 6.86. The van der Waals surface area contributed by atoms with Crippen LogP contribution < -0.4 is 21.1 Å². The number of nitrogens with zero attached hydrogens (tertiary/aromatic N) is 2. The van der Waals surface area contributed by atoms with Crippen LogP contribution in [0.1, 0.15) is 31.2 Å². The zero-order valence-corrected chi connectivity index (χ0v) is 17.3. The topological polar surface area (TPSA) is 122 Å². The van der Waals surface area contributed by atoms with Gasteiger partial charge in [0.1, 0.15) is 0 Å². The number of aliphatic hydroxyl groups is 1. The van der Waals surface area contributed by atoms with E-state index in [-0.39, 0.29) is 25.1 Å². The lowest BCUT2D eigenvalue weighted by molar-refractivity contribution is -0.121. The lowest BCUT2D eigenvalue weighted by Gasteiger charge is -2.22. The first kappa shape index (κ1) is 21.0. The van der Waals surface area contributed by atoms with Gasteiger partial charge in [0.15, 0.2) is 6.61 Å². The molecule has 1 amide bonds. The van der Waals surface area contributed by atoms with Crippen molar-refractivity contribution in [3.05, 3.63) is 34.4 Å². The third-order valence-corrected chi connectivity index (χ3v) is 5.19. The van der Waals surface area contributed by atoms with Gasteiger partial charge in [-0.1, -0.05) is 18.8 Å². The highest BCUT2D eigenvalue weighted by molar-refractivity contribution is 9.10. The minimum Gasteiger partial charge on any atom is -0.464 e. The molecule has 0 atom stereocenters. The molecule has 0 saturated heterocycles. The predicted molar refractivity (Wildman–Crippen MR) is 114 cm³/mol. The van der Waals surface area contributed by atoms with Gasteiger partial charge in [0.2, 0.25) is 17.7 Å². The van der Waals surface area contributed by atoms with Crippen LogP contribution in [0.4, 0.5) is 17.3 Å². The van der Waals surface area contributed by atoms with Crippen LogP contribution in [-0.2, 0) is 11.4 Å². The summed E-state index contributed by atoms with van der Waals surface area (Å²) in [5.41, 5.74) is 7.11. The fraction of sp³-hybridized carbons (Fsp3) is 0.350. The Hall–Kier alpha value is -2.67. The van der Waals surface area contributed by atoms with E-state index >= 15 is 0 Å². The summed E-state index contributed by atoms with van der Waals surface area (Å²) in [7, 11) is 0. The zero-order valence-electron chi connectivity index (χ0n) is 15.7. The highest BCUT2D eigenvalue weighted by Crippen LogP contribution is 2.30. The third kappa shape index (κ3) is 5.23. The average Bonchev–Trinajstić information content (AvgIpc) is 3.16. The molecule has 2 aromatic rings. The number of terminal acetylenes is 1. The van der Waals surface area contributed by atoms with Crippen molar-refractivity contribution in [1.29, 1.82) is 0 Å².